The fourth-order valence-electron chi connectivity index (χ4n) is 3.43. The first-order chi connectivity index (χ1) is 13.0. The van der Waals surface area contributed by atoms with Gasteiger partial charge in [0.15, 0.2) is 0 Å². The summed E-state index contributed by atoms with van der Waals surface area (Å²) in [7, 11) is 0. The van der Waals surface area contributed by atoms with E-state index < -0.39 is 0 Å². The summed E-state index contributed by atoms with van der Waals surface area (Å²) in [5.41, 5.74) is 6.28. The van der Waals surface area contributed by atoms with Gasteiger partial charge in [-0.05, 0) is 61.9 Å². The Morgan fingerprint density at radius 3 is 2.33 bits per heavy atom. The van der Waals surface area contributed by atoms with Crippen molar-refractivity contribution >= 4 is 17.7 Å². The average molecular weight is 364 g/mol. The smallest absolute Gasteiger partial charge is 0.266 e. The van der Waals surface area contributed by atoms with Gasteiger partial charge >= 0.3 is 0 Å². The molecule has 27 heavy (non-hydrogen) atoms. The Balaban J connectivity index is 2.37. The third-order valence-corrected chi connectivity index (χ3v) is 4.96. The molecule has 0 spiro atoms. The number of hydrogen-bond acceptors (Lipinski definition) is 2. The number of carbonyl (C=O) groups excluding carboxylic acids is 1. The van der Waals surface area contributed by atoms with Gasteiger partial charge in [-0.2, -0.15) is 5.26 Å². The number of nitrogens with one attached hydrogen (secondary N) is 1. The summed E-state index contributed by atoms with van der Waals surface area (Å²) in [5.74, 6) is -0.353. The zero-order chi connectivity index (χ0) is 20.0. The molecular weight excluding hydrogens is 334 g/mol. The molecule has 0 radical (unpaired) electrons. The lowest BCUT2D eigenvalue weighted by atomic mass is 10.0. The number of nitriles is 1. The van der Waals surface area contributed by atoms with E-state index in [0.29, 0.717) is 0 Å². The van der Waals surface area contributed by atoms with E-state index in [4.69, 9.17) is 0 Å². The molecule has 1 aromatic carbocycles. The molecule has 0 aliphatic heterocycles. The van der Waals surface area contributed by atoms with Crippen molar-refractivity contribution in [2.45, 2.75) is 60.4 Å². The molecule has 0 atom stereocenters. The number of nitrogens with zero attached hydrogens (tertiary/aromatic N) is 2. The van der Waals surface area contributed by atoms with E-state index >= 15 is 0 Å². The van der Waals surface area contributed by atoms with Gasteiger partial charge in [-0.1, -0.05) is 39.0 Å². The first kappa shape index (κ1) is 20.5. The molecule has 0 saturated carbocycles. The monoisotopic (exact) mass is 363 g/mol. The molecular formula is C23H29N3O. The van der Waals surface area contributed by atoms with E-state index in [0.717, 1.165) is 59.6 Å². The molecule has 142 valence electrons. The van der Waals surface area contributed by atoms with Crippen LogP contribution in [0.1, 0.15) is 55.3 Å². The van der Waals surface area contributed by atoms with Crippen LogP contribution in [0.15, 0.2) is 29.8 Å². The van der Waals surface area contributed by atoms with Crippen molar-refractivity contribution in [1.29, 1.82) is 5.26 Å². The van der Waals surface area contributed by atoms with Gasteiger partial charge in [0.25, 0.3) is 5.91 Å². The average Bonchev–Trinajstić information content (AvgIpc) is 2.93. The molecule has 0 unspecified atom stereocenters. The maximum absolute atomic E-state index is 12.8. The van der Waals surface area contributed by atoms with Crippen molar-refractivity contribution in [3.05, 3.63) is 57.9 Å². The maximum atomic E-state index is 12.8. The second-order valence-corrected chi connectivity index (χ2v) is 6.76. The summed E-state index contributed by atoms with van der Waals surface area (Å²) >= 11 is 0. The van der Waals surface area contributed by atoms with E-state index in [1.165, 1.54) is 0 Å². The molecule has 0 aliphatic carbocycles. The molecule has 1 heterocycles. The van der Waals surface area contributed by atoms with Gasteiger partial charge in [0.2, 0.25) is 0 Å². The number of hydrogen-bond donors (Lipinski definition) is 1. The Bertz CT molecular complexity index is 875. The van der Waals surface area contributed by atoms with Crippen molar-refractivity contribution in [3.8, 4) is 6.07 Å². The van der Waals surface area contributed by atoms with Crippen LogP contribution in [-0.2, 0) is 24.2 Å². The summed E-state index contributed by atoms with van der Waals surface area (Å²) in [6.45, 7) is 11.3. The second kappa shape index (κ2) is 9.23. The summed E-state index contributed by atoms with van der Waals surface area (Å²) in [5, 5.41) is 12.6. The van der Waals surface area contributed by atoms with Crippen LogP contribution >= 0.6 is 0 Å². The number of aryl methyl sites for hydroxylation is 3. The van der Waals surface area contributed by atoms with Crippen LogP contribution in [0.3, 0.4) is 0 Å². The van der Waals surface area contributed by atoms with E-state index in [1.54, 1.807) is 6.08 Å². The first-order valence-electron chi connectivity index (χ1n) is 9.67. The Hall–Kier alpha value is -2.80. The Morgan fingerprint density at radius 2 is 1.81 bits per heavy atom. The Kier molecular flexibility index (Phi) is 7.01. The molecule has 4 heteroatoms. The number of para-hydroxylation sites is 1. The van der Waals surface area contributed by atoms with Gasteiger partial charge in [0.05, 0.1) is 0 Å². The van der Waals surface area contributed by atoms with Crippen molar-refractivity contribution < 1.29 is 4.79 Å². The van der Waals surface area contributed by atoms with Crippen molar-refractivity contribution in [2.75, 3.05) is 5.32 Å². The van der Waals surface area contributed by atoms with Gasteiger partial charge < -0.3 is 9.88 Å². The van der Waals surface area contributed by atoms with Crippen molar-refractivity contribution in [1.82, 2.24) is 4.57 Å². The largest absolute Gasteiger partial charge is 0.349 e. The molecule has 0 saturated heterocycles. The maximum Gasteiger partial charge on any atom is 0.266 e. The minimum atomic E-state index is -0.353. The van der Waals surface area contributed by atoms with Crippen molar-refractivity contribution in [3.63, 3.8) is 0 Å². The van der Waals surface area contributed by atoms with Crippen LogP contribution in [0.25, 0.3) is 6.08 Å². The fourth-order valence-corrected chi connectivity index (χ4v) is 3.43. The van der Waals surface area contributed by atoms with Crippen LogP contribution < -0.4 is 5.32 Å². The van der Waals surface area contributed by atoms with E-state index in [2.05, 4.69) is 43.6 Å². The minimum Gasteiger partial charge on any atom is -0.349 e. The molecule has 1 aromatic heterocycles. The number of benzene rings is 1. The minimum absolute atomic E-state index is 0.125. The van der Waals surface area contributed by atoms with Crippen LogP contribution in [0.2, 0.25) is 0 Å². The highest BCUT2D eigenvalue weighted by Crippen LogP contribution is 2.24. The predicted octanol–water partition coefficient (Wildman–Crippen LogP) is 5.19. The summed E-state index contributed by atoms with van der Waals surface area (Å²) in [4.78, 5) is 12.8. The number of carbonyl (C=O) groups is 1. The summed E-state index contributed by atoms with van der Waals surface area (Å²) in [6, 6.07) is 10.2. The van der Waals surface area contributed by atoms with Crippen LogP contribution in [0, 0.1) is 25.2 Å². The molecule has 1 amide bonds. The highest BCUT2D eigenvalue weighted by atomic mass is 16.1. The van der Waals surface area contributed by atoms with E-state index in [-0.39, 0.29) is 11.5 Å². The third-order valence-electron chi connectivity index (χ3n) is 4.96. The molecule has 0 fully saturated rings. The fraction of sp³-hybridized carbons (Fsp3) is 0.391. The third kappa shape index (κ3) is 4.49. The number of anilines is 1. The first-order valence-corrected chi connectivity index (χ1v) is 9.67. The molecule has 2 aromatic rings. The standard InChI is InChI=1S/C23H29N3O/c1-6-12-26-16(4)13-20(17(26)5)14-21(15-24)23(27)25-22-18(7-2)10-9-11-19(22)8-3/h9-11,13-14H,6-8,12H2,1-5H3,(H,25,27)/b21-14+. The topological polar surface area (TPSA) is 57.8 Å². The van der Waals surface area contributed by atoms with Crippen LogP contribution in [0.4, 0.5) is 5.69 Å². The molecule has 4 nitrogen and oxygen atoms in total. The summed E-state index contributed by atoms with van der Waals surface area (Å²) < 4.78 is 2.22. The van der Waals surface area contributed by atoms with Gasteiger partial charge in [0.1, 0.15) is 11.6 Å². The lowest BCUT2D eigenvalue weighted by Crippen LogP contribution is -2.16. The van der Waals surface area contributed by atoms with E-state index in [9.17, 15) is 10.1 Å². The highest BCUT2D eigenvalue weighted by Gasteiger charge is 2.15. The SMILES string of the molecule is CCCn1c(C)cc(/C=C(\C#N)C(=O)Nc2c(CC)cccc2CC)c1C. The Labute approximate surface area is 162 Å². The van der Waals surface area contributed by atoms with Crippen molar-refractivity contribution in [2.24, 2.45) is 0 Å². The molecule has 0 bridgehead atoms. The Morgan fingerprint density at radius 1 is 1.19 bits per heavy atom. The zero-order valence-electron chi connectivity index (χ0n) is 17.0. The number of aromatic nitrogens is 1. The second-order valence-electron chi connectivity index (χ2n) is 6.76. The highest BCUT2D eigenvalue weighted by molar-refractivity contribution is 6.10. The number of rotatable bonds is 7. The molecule has 1 N–H and O–H groups in total. The van der Waals surface area contributed by atoms with Gasteiger partial charge in [-0.25, -0.2) is 0 Å². The zero-order valence-corrected chi connectivity index (χ0v) is 17.0. The van der Waals surface area contributed by atoms with Crippen LogP contribution in [-0.4, -0.2) is 10.5 Å². The quantitative estimate of drug-likeness (QED) is 0.544. The lowest BCUT2D eigenvalue weighted by molar-refractivity contribution is -0.112. The number of amides is 1. The molecule has 0 aliphatic rings. The van der Waals surface area contributed by atoms with E-state index in [1.807, 2.05) is 31.2 Å². The van der Waals surface area contributed by atoms with Gasteiger partial charge in [-0.15, -0.1) is 0 Å². The van der Waals surface area contributed by atoms with Crippen LogP contribution in [0.5, 0.6) is 0 Å². The molecule has 2 rings (SSSR count). The predicted molar refractivity (Wildman–Crippen MR) is 112 cm³/mol. The summed E-state index contributed by atoms with van der Waals surface area (Å²) in [6.07, 6.45) is 4.39. The van der Waals surface area contributed by atoms with Gasteiger partial charge in [-0.3, -0.25) is 4.79 Å². The van der Waals surface area contributed by atoms with Gasteiger partial charge in [0, 0.05) is 23.6 Å². The lowest BCUT2D eigenvalue weighted by Gasteiger charge is -2.14. The normalized spacial score (nSPS) is 11.3.